The SMILES string of the molecule is Cn1ccnc1C(=O)NCC[C@H]1CCOC12CN(Cc1cccnc1)C2. The van der Waals surface area contributed by atoms with Gasteiger partial charge in [0.25, 0.3) is 5.91 Å². The zero-order chi connectivity index (χ0) is 18.0. The number of hydrogen-bond donors (Lipinski definition) is 1. The summed E-state index contributed by atoms with van der Waals surface area (Å²) in [6.07, 6.45) is 9.15. The van der Waals surface area contributed by atoms with Gasteiger partial charge in [0.05, 0.1) is 5.60 Å². The van der Waals surface area contributed by atoms with Crippen molar-refractivity contribution >= 4 is 5.91 Å². The number of amides is 1. The molecule has 2 aliphatic heterocycles. The number of hydrogen-bond acceptors (Lipinski definition) is 5. The first-order valence-corrected chi connectivity index (χ1v) is 9.17. The predicted octanol–water partition coefficient (Wildman–Crippen LogP) is 1.23. The van der Waals surface area contributed by atoms with E-state index in [1.807, 2.05) is 19.3 Å². The number of likely N-dealkylation sites (tertiary alicyclic amines) is 1. The predicted molar refractivity (Wildman–Crippen MR) is 96.5 cm³/mol. The highest BCUT2D eigenvalue weighted by Crippen LogP contribution is 2.41. The summed E-state index contributed by atoms with van der Waals surface area (Å²) in [5.74, 6) is 0.834. The van der Waals surface area contributed by atoms with Crippen LogP contribution in [0.1, 0.15) is 29.0 Å². The summed E-state index contributed by atoms with van der Waals surface area (Å²) in [5, 5.41) is 2.99. The van der Waals surface area contributed by atoms with Gasteiger partial charge in [0.15, 0.2) is 5.82 Å². The van der Waals surface area contributed by atoms with Gasteiger partial charge in [0.1, 0.15) is 0 Å². The van der Waals surface area contributed by atoms with Gasteiger partial charge in [-0.05, 0) is 30.4 Å². The Bertz CT molecular complexity index is 754. The van der Waals surface area contributed by atoms with Gasteiger partial charge in [-0.2, -0.15) is 0 Å². The van der Waals surface area contributed by atoms with E-state index in [1.54, 1.807) is 23.2 Å². The van der Waals surface area contributed by atoms with Crippen LogP contribution in [0, 0.1) is 5.92 Å². The molecule has 2 aromatic rings. The molecule has 26 heavy (non-hydrogen) atoms. The van der Waals surface area contributed by atoms with Crippen LogP contribution in [0.5, 0.6) is 0 Å². The molecule has 0 aromatic carbocycles. The summed E-state index contributed by atoms with van der Waals surface area (Å²) in [6.45, 7) is 4.31. The molecule has 0 saturated carbocycles. The number of rotatable bonds is 6. The highest BCUT2D eigenvalue weighted by Gasteiger charge is 2.52. The number of aryl methyl sites for hydroxylation is 1. The number of ether oxygens (including phenoxy) is 1. The molecule has 2 fully saturated rings. The van der Waals surface area contributed by atoms with E-state index < -0.39 is 0 Å². The van der Waals surface area contributed by atoms with Crippen molar-refractivity contribution in [3.05, 3.63) is 48.3 Å². The van der Waals surface area contributed by atoms with Gasteiger partial charge in [0.2, 0.25) is 0 Å². The van der Waals surface area contributed by atoms with Gasteiger partial charge in [-0.25, -0.2) is 4.98 Å². The molecule has 0 aliphatic carbocycles. The van der Waals surface area contributed by atoms with Gasteiger partial charge < -0.3 is 14.6 Å². The quantitative estimate of drug-likeness (QED) is 0.844. The molecule has 0 radical (unpaired) electrons. The Morgan fingerprint density at radius 1 is 1.42 bits per heavy atom. The minimum Gasteiger partial charge on any atom is -0.372 e. The van der Waals surface area contributed by atoms with Crippen LogP contribution in [0.4, 0.5) is 0 Å². The molecule has 0 unspecified atom stereocenters. The summed E-state index contributed by atoms with van der Waals surface area (Å²) < 4.78 is 7.85. The van der Waals surface area contributed by atoms with Gasteiger partial charge in [0, 0.05) is 64.6 Å². The number of carbonyl (C=O) groups excluding carboxylic acids is 1. The molecular formula is C19H25N5O2. The fourth-order valence-electron chi connectivity index (χ4n) is 4.14. The summed E-state index contributed by atoms with van der Waals surface area (Å²) >= 11 is 0. The lowest BCUT2D eigenvalue weighted by Gasteiger charge is -2.50. The first-order chi connectivity index (χ1) is 12.7. The van der Waals surface area contributed by atoms with Crippen molar-refractivity contribution in [3.63, 3.8) is 0 Å². The topological polar surface area (TPSA) is 72.3 Å². The largest absolute Gasteiger partial charge is 0.372 e. The van der Waals surface area contributed by atoms with Gasteiger partial charge >= 0.3 is 0 Å². The van der Waals surface area contributed by atoms with E-state index in [-0.39, 0.29) is 11.5 Å². The number of aromatic nitrogens is 3. The maximum absolute atomic E-state index is 12.2. The van der Waals surface area contributed by atoms with E-state index in [9.17, 15) is 4.79 Å². The molecule has 138 valence electrons. The van der Waals surface area contributed by atoms with Crippen LogP contribution < -0.4 is 5.32 Å². The number of imidazole rings is 1. The van der Waals surface area contributed by atoms with Crippen molar-refractivity contribution in [2.24, 2.45) is 13.0 Å². The molecule has 7 nitrogen and oxygen atoms in total. The Balaban J connectivity index is 1.26. The third kappa shape index (κ3) is 3.37. The number of pyridine rings is 1. The molecule has 4 heterocycles. The number of carbonyl (C=O) groups is 1. The third-order valence-corrected chi connectivity index (χ3v) is 5.51. The van der Waals surface area contributed by atoms with Crippen LogP contribution in [0.25, 0.3) is 0 Å². The van der Waals surface area contributed by atoms with Gasteiger partial charge in [-0.1, -0.05) is 6.07 Å². The summed E-state index contributed by atoms with van der Waals surface area (Å²) in [6, 6.07) is 4.09. The van der Waals surface area contributed by atoms with Crippen LogP contribution in [-0.4, -0.2) is 57.2 Å². The lowest BCUT2D eigenvalue weighted by atomic mass is 9.79. The highest BCUT2D eigenvalue weighted by atomic mass is 16.5. The second kappa shape index (κ2) is 7.17. The Labute approximate surface area is 153 Å². The first kappa shape index (κ1) is 17.2. The standard InChI is InChI=1S/C19H25N5O2/c1-23-9-8-21-17(23)18(25)22-7-4-16-5-10-26-19(16)13-24(14-19)12-15-3-2-6-20-11-15/h2-3,6,8-9,11,16H,4-5,7,10,12-14H2,1H3,(H,22,25)/t16-/m0/s1. The molecular weight excluding hydrogens is 330 g/mol. The summed E-state index contributed by atoms with van der Waals surface area (Å²) in [5.41, 5.74) is 1.20. The third-order valence-electron chi connectivity index (χ3n) is 5.51. The van der Waals surface area contributed by atoms with Crippen molar-refractivity contribution in [1.29, 1.82) is 0 Å². The highest BCUT2D eigenvalue weighted by molar-refractivity contribution is 5.90. The van der Waals surface area contributed by atoms with Crippen LogP contribution in [-0.2, 0) is 18.3 Å². The van der Waals surface area contributed by atoms with Gasteiger partial charge in [-0.3, -0.25) is 14.7 Å². The van der Waals surface area contributed by atoms with Crippen molar-refractivity contribution in [2.75, 3.05) is 26.2 Å². The van der Waals surface area contributed by atoms with Crippen LogP contribution in [0.2, 0.25) is 0 Å². The molecule has 1 N–H and O–H groups in total. The van der Waals surface area contributed by atoms with E-state index in [4.69, 9.17) is 4.74 Å². The first-order valence-electron chi connectivity index (χ1n) is 9.17. The van der Waals surface area contributed by atoms with E-state index in [2.05, 4.69) is 26.3 Å². The second-order valence-electron chi connectivity index (χ2n) is 7.31. The second-order valence-corrected chi connectivity index (χ2v) is 7.31. The van der Waals surface area contributed by atoms with Gasteiger partial charge in [-0.15, -0.1) is 0 Å². The molecule has 2 aliphatic rings. The molecule has 1 spiro atoms. The van der Waals surface area contributed by atoms with Crippen molar-refractivity contribution in [1.82, 2.24) is 24.8 Å². The Hall–Kier alpha value is -2.25. The van der Waals surface area contributed by atoms with E-state index in [0.29, 0.717) is 18.3 Å². The minimum absolute atomic E-state index is 0.0316. The smallest absolute Gasteiger partial charge is 0.287 e. The zero-order valence-electron chi connectivity index (χ0n) is 15.1. The van der Waals surface area contributed by atoms with E-state index in [0.717, 1.165) is 39.1 Å². The van der Waals surface area contributed by atoms with Crippen LogP contribution in [0.3, 0.4) is 0 Å². The normalized spacial score (nSPS) is 21.7. The number of nitrogens with one attached hydrogen (secondary N) is 1. The molecule has 0 bridgehead atoms. The molecule has 2 aromatic heterocycles. The average molecular weight is 355 g/mol. The van der Waals surface area contributed by atoms with Crippen LogP contribution in [0.15, 0.2) is 36.9 Å². The lowest BCUT2D eigenvalue weighted by Crippen LogP contribution is -2.64. The lowest BCUT2D eigenvalue weighted by molar-refractivity contribution is -0.136. The summed E-state index contributed by atoms with van der Waals surface area (Å²) in [7, 11) is 1.83. The Morgan fingerprint density at radius 2 is 2.31 bits per heavy atom. The fraction of sp³-hybridized carbons (Fsp3) is 0.526. The van der Waals surface area contributed by atoms with Crippen LogP contribution >= 0.6 is 0 Å². The summed E-state index contributed by atoms with van der Waals surface area (Å²) in [4.78, 5) is 22.8. The molecule has 1 atom stereocenters. The Kier molecular flexibility index (Phi) is 4.74. The fourth-order valence-corrected chi connectivity index (χ4v) is 4.14. The number of nitrogens with zero attached hydrogens (tertiary/aromatic N) is 4. The molecule has 4 rings (SSSR count). The van der Waals surface area contributed by atoms with E-state index in [1.165, 1.54) is 5.56 Å². The molecule has 1 amide bonds. The maximum atomic E-state index is 12.2. The van der Waals surface area contributed by atoms with E-state index >= 15 is 0 Å². The molecule has 7 heteroatoms. The minimum atomic E-state index is -0.114. The monoisotopic (exact) mass is 355 g/mol. The van der Waals surface area contributed by atoms with Crippen molar-refractivity contribution in [2.45, 2.75) is 25.0 Å². The molecule has 2 saturated heterocycles. The Morgan fingerprint density at radius 3 is 3.04 bits per heavy atom. The average Bonchev–Trinajstić information content (AvgIpc) is 3.22. The zero-order valence-corrected chi connectivity index (χ0v) is 15.1. The van der Waals surface area contributed by atoms with Crippen molar-refractivity contribution in [3.8, 4) is 0 Å². The van der Waals surface area contributed by atoms with Crippen molar-refractivity contribution < 1.29 is 9.53 Å². The maximum Gasteiger partial charge on any atom is 0.287 e.